The van der Waals surface area contributed by atoms with Crippen molar-refractivity contribution in [3.05, 3.63) is 0 Å². The second kappa shape index (κ2) is 84.0. The highest BCUT2D eigenvalue weighted by Crippen LogP contribution is 2.19. The van der Waals surface area contributed by atoms with Crippen LogP contribution in [-0.4, -0.2) is 216 Å². The van der Waals surface area contributed by atoms with Gasteiger partial charge in [-0.3, -0.25) is 24.1 Å². The number of nitrogens with zero attached hydrogens (tertiary/aromatic N) is 6. The van der Waals surface area contributed by atoms with Crippen LogP contribution < -0.4 is 5.32 Å². The molecule has 0 bridgehead atoms. The molecule has 3 saturated heterocycles. The predicted molar refractivity (Wildman–Crippen MR) is 508 cm³/mol. The zero-order chi connectivity index (χ0) is 87.4. The fourth-order valence-corrected chi connectivity index (χ4v) is 13.8. The van der Waals surface area contributed by atoms with Crippen LogP contribution in [0.3, 0.4) is 0 Å². The quantitative estimate of drug-likeness (QED) is 0.0581. The average Bonchev–Trinajstić information content (AvgIpc) is 0.883. The van der Waals surface area contributed by atoms with Gasteiger partial charge < -0.3 is 44.0 Å². The minimum Gasteiger partial charge on any atom is -0.381 e. The fourth-order valence-electron chi connectivity index (χ4n) is 13.8. The van der Waals surface area contributed by atoms with Crippen LogP contribution >= 0.6 is 0 Å². The molecule has 0 unspecified atom stereocenters. The van der Waals surface area contributed by atoms with E-state index in [0.717, 1.165) is 196 Å². The van der Waals surface area contributed by atoms with Crippen LogP contribution in [0.1, 0.15) is 410 Å². The van der Waals surface area contributed by atoms with Crippen molar-refractivity contribution in [3.8, 4) is 0 Å². The Morgan fingerprint density at radius 3 is 0.871 bits per heavy atom. The van der Waals surface area contributed by atoms with E-state index in [1.54, 1.807) is 0 Å². The molecule has 0 aromatic carbocycles. The van der Waals surface area contributed by atoms with E-state index in [4.69, 9.17) is 14.2 Å². The maximum Gasteiger partial charge on any atom is 0.222 e. The van der Waals surface area contributed by atoms with Gasteiger partial charge in [0.05, 0.1) is 6.10 Å². The number of Topliss-reactive ketones (excluding diaryl/α,β-unsaturated/α-hetero) is 3. The van der Waals surface area contributed by atoms with Crippen molar-refractivity contribution in [1.82, 2.24) is 34.7 Å². The van der Waals surface area contributed by atoms with Crippen LogP contribution in [0.25, 0.3) is 0 Å². The molecular weight excluding hydrogens is 1440 g/mol. The first-order chi connectivity index (χ1) is 55.2. The highest BCUT2D eigenvalue weighted by molar-refractivity contribution is 5.80. The van der Waals surface area contributed by atoms with E-state index in [-0.39, 0.29) is 5.91 Å². The Morgan fingerprint density at radius 1 is 0.233 bits per heavy atom. The SMILES string of the molecule is CC(C)CCCCCCCCC(=O)CCC(C)C.CC(C)CCCCCCCCC(=O)CCCC(=O)N1CCN(CCC(C)C)CC1.CC(C)CCN1CCN(CCCCCCOC(C)C)CC1.CC(C)CCNCCC(C)C.CC(C)CCOCCC(C)C.CC(C)CCOCCCC(=O)CCCCN1CCN(CCC(C)C)CC1. The number of unbranched alkanes of at least 4 members (excludes halogenated alkanes) is 14. The van der Waals surface area contributed by atoms with E-state index in [2.05, 4.69) is 196 Å². The molecule has 3 aliphatic heterocycles. The topological polar surface area (TPSA) is 127 Å². The van der Waals surface area contributed by atoms with Crippen LogP contribution in [0.15, 0.2) is 0 Å². The maximum atomic E-state index is 12.4. The summed E-state index contributed by atoms with van der Waals surface area (Å²) in [7, 11) is 0. The monoisotopic (exact) mass is 1640 g/mol. The molecule has 0 aliphatic carbocycles. The Bertz CT molecular complexity index is 2030. The highest BCUT2D eigenvalue weighted by atomic mass is 16.5. The molecule has 14 nitrogen and oxygen atoms in total. The summed E-state index contributed by atoms with van der Waals surface area (Å²) in [6.07, 6.45) is 43.3. The van der Waals surface area contributed by atoms with Gasteiger partial charge in [0.1, 0.15) is 17.3 Å². The second-order valence-corrected chi connectivity index (χ2v) is 40.4. The third-order valence-electron chi connectivity index (χ3n) is 22.6. The van der Waals surface area contributed by atoms with E-state index in [1.165, 1.54) is 233 Å². The Balaban J connectivity index is -0.00000136. The number of nitrogens with one attached hydrogen (secondary N) is 1. The van der Waals surface area contributed by atoms with Crippen molar-refractivity contribution < 1.29 is 33.4 Å². The summed E-state index contributed by atoms with van der Waals surface area (Å²) in [5, 5.41) is 3.45. The van der Waals surface area contributed by atoms with Crippen LogP contribution in [0, 0.1) is 65.1 Å². The molecule has 1 N–H and O–H groups in total. The van der Waals surface area contributed by atoms with E-state index >= 15 is 0 Å². The summed E-state index contributed by atoms with van der Waals surface area (Å²) < 4.78 is 16.6. The standard InChI is InChI=1S/C25H48N2O2.C22H44N2O2.C18H38N2O.C17H34O.C10H23N.C10H22O/c1-22(2)12-9-7-5-6-8-10-13-24(28)14-11-15-25(29)27-20-18-26(19-21-27)17-16-23(3)4;1-20(2)10-13-24-16-14-23(15-17-24)12-6-5-8-22(25)9-7-18-26-19-11-21(3)4;1-17(2)9-11-20-14-12-19(13-15-20)10-7-5-6-8-16-21-18(3)4;1-15(2)11-9-7-5-6-8-10-12-17(18)14-13-16(3)4;2*1-9(2)5-7-11-8-6-10(3)4/h22-23H,5-21H2,1-4H3;20-21H,5-19H2,1-4H3;17-18H,5-16H2,1-4H3;15-16H,5-14H2,1-4H3;9-11H,5-8H2,1-4H3;9-10H,5-8H2,1-4H3. The molecule has 0 aromatic rings. The van der Waals surface area contributed by atoms with Gasteiger partial charge in [-0.2, -0.15) is 0 Å². The molecule has 116 heavy (non-hydrogen) atoms. The van der Waals surface area contributed by atoms with Crippen LogP contribution in [0.2, 0.25) is 0 Å². The molecule has 0 spiro atoms. The van der Waals surface area contributed by atoms with E-state index in [0.29, 0.717) is 61.0 Å². The van der Waals surface area contributed by atoms with Crippen LogP contribution in [0.4, 0.5) is 0 Å². The van der Waals surface area contributed by atoms with Gasteiger partial charge in [0, 0.05) is 157 Å². The number of carbonyl (C=O) groups is 4. The van der Waals surface area contributed by atoms with Crippen molar-refractivity contribution in [2.75, 3.05) is 157 Å². The van der Waals surface area contributed by atoms with Crippen molar-refractivity contribution in [2.45, 2.75) is 416 Å². The number of carbonyl (C=O) groups excluding carboxylic acids is 4. The van der Waals surface area contributed by atoms with Crippen molar-refractivity contribution in [3.63, 3.8) is 0 Å². The average molecular weight is 1650 g/mol. The lowest BCUT2D eigenvalue weighted by molar-refractivity contribution is -0.133. The van der Waals surface area contributed by atoms with Crippen molar-refractivity contribution in [2.24, 2.45) is 65.1 Å². The molecule has 694 valence electrons. The molecular formula is C102H209N7O7. The van der Waals surface area contributed by atoms with Gasteiger partial charge in [-0.1, -0.05) is 242 Å². The highest BCUT2D eigenvalue weighted by Gasteiger charge is 2.22. The van der Waals surface area contributed by atoms with Gasteiger partial charge in [0.2, 0.25) is 5.91 Å². The number of hydrogen-bond donors (Lipinski definition) is 1. The lowest BCUT2D eigenvalue weighted by atomic mass is 10.0. The molecule has 1 amide bonds. The molecule has 0 atom stereocenters. The predicted octanol–water partition coefficient (Wildman–Crippen LogP) is 25.1. The number of ether oxygens (including phenoxy) is 3. The number of amides is 1. The molecule has 3 rings (SSSR count). The van der Waals surface area contributed by atoms with E-state index < -0.39 is 0 Å². The molecule has 3 fully saturated rings. The summed E-state index contributed by atoms with van der Waals surface area (Å²) >= 11 is 0. The first-order valence-corrected chi connectivity index (χ1v) is 50.1. The van der Waals surface area contributed by atoms with Crippen LogP contribution in [0.5, 0.6) is 0 Å². The number of piperazine rings is 3. The largest absolute Gasteiger partial charge is 0.381 e. The Labute approximate surface area is 726 Å². The molecule has 14 heteroatoms. The van der Waals surface area contributed by atoms with Gasteiger partial charge in [-0.25, -0.2) is 0 Å². The van der Waals surface area contributed by atoms with Gasteiger partial charge in [-0.15, -0.1) is 0 Å². The van der Waals surface area contributed by atoms with E-state index in [9.17, 15) is 19.2 Å². The Morgan fingerprint density at radius 2 is 0.509 bits per heavy atom. The van der Waals surface area contributed by atoms with Gasteiger partial charge in [0.15, 0.2) is 0 Å². The zero-order valence-corrected chi connectivity index (χ0v) is 82.8. The third-order valence-corrected chi connectivity index (χ3v) is 22.6. The minimum atomic E-state index is 0.239. The third kappa shape index (κ3) is 92.8. The summed E-state index contributed by atoms with van der Waals surface area (Å²) in [5.74, 6) is 10.1. The van der Waals surface area contributed by atoms with E-state index in [1.807, 2.05) is 4.90 Å². The molecule has 0 saturated carbocycles. The lowest BCUT2D eigenvalue weighted by Crippen LogP contribution is -2.48. The number of rotatable bonds is 66. The van der Waals surface area contributed by atoms with Gasteiger partial charge >= 0.3 is 0 Å². The summed E-state index contributed by atoms with van der Waals surface area (Å²) in [5.41, 5.74) is 0. The normalized spacial score (nSPS) is 14.8. The van der Waals surface area contributed by atoms with Crippen LogP contribution in [-0.2, 0) is 33.4 Å². The van der Waals surface area contributed by atoms with Gasteiger partial charge in [0.25, 0.3) is 0 Å². The van der Waals surface area contributed by atoms with Crippen molar-refractivity contribution in [1.29, 1.82) is 0 Å². The second-order valence-electron chi connectivity index (χ2n) is 40.4. The molecule has 3 aliphatic rings. The number of hydrogen-bond acceptors (Lipinski definition) is 13. The lowest BCUT2D eigenvalue weighted by Gasteiger charge is -2.35. The Hall–Kier alpha value is -1.88. The zero-order valence-electron chi connectivity index (χ0n) is 82.8. The number of ketones is 3. The minimum absolute atomic E-state index is 0.239. The Kier molecular flexibility index (Phi) is 85.6. The maximum absolute atomic E-state index is 12.4. The first kappa shape index (κ1) is 118. The summed E-state index contributed by atoms with van der Waals surface area (Å²) in [6.45, 7) is 80.4. The van der Waals surface area contributed by atoms with Gasteiger partial charge in [-0.05, 0) is 234 Å². The molecule has 3 heterocycles. The fraction of sp³-hybridized carbons (Fsp3) is 0.961. The molecule has 0 radical (unpaired) electrons. The molecule has 0 aromatic heterocycles. The smallest absolute Gasteiger partial charge is 0.222 e. The van der Waals surface area contributed by atoms with Crippen molar-refractivity contribution >= 4 is 23.3 Å². The summed E-state index contributed by atoms with van der Waals surface area (Å²) in [4.78, 5) is 62.8. The first-order valence-electron chi connectivity index (χ1n) is 50.1. The summed E-state index contributed by atoms with van der Waals surface area (Å²) in [6, 6.07) is 0.